The highest BCUT2D eigenvalue weighted by Crippen LogP contribution is 2.21. The van der Waals surface area contributed by atoms with Crippen LogP contribution in [0.3, 0.4) is 0 Å². The van der Waals surface area contributed by atoms with Crippen LogP contribution < -0.4 is 5.43 Å². The molecule has 4 rings (SSSR count). The summed E-state index contributed by atoms with van der Waals surface area (Å²) in [5, 5.41) is 5.29. The highest BCUT2D eigenvalue weighted by molar-refractivity contribution is 5.86. The average Bonchev–Trinajstić information content (AvgIpc) is 3.18. The van der Waals surface area contributed by atoms with Crippen molar-refractivity contribution in [3.05, 3.63) is 67.4 Å². The standard InChI is InChI=1S/C15H12N6/c1-2-6-12(7-3-1)21-15-13(10-18-21)14(16-11-17-15)19-20-8-4-5-9-20/h1-11H,(H,16,17,19). The van der Waals surface area contributed by atoms with Crippen molar-refractivity contribution in [1.29, 1.82) is 0 Å². The Bertz CT molecular complexity index is 864. The summed E-state index contributed by atoms with van der Waals surface area (Å²) in [6.45, 7) is 0. The van der Waals surface area contributed by atoms with E-state index >= 15 is 0 Å². The van der Waals surface area contributed by atoms with Gasteiger partial charge in [0.25, 0.3) is 0 Å². The molecule has 0 aliphatic carbocycles. The predicted molar refractivity (Wildman–Crippen MR) is 80.1 cm³/mol. The van der Waals surface area contributed by atoms with Crippen molar-refractivity contribution in [3.8, 4) is 5.69 Å². The zero-order valence-corrected chi connectivity index (χ0v) is 11.1. The van der Waals surface area contributed by atoms with E-state index in [2.05, 4.69) is 20.5 Å². The summed E-state index contributed by atoms with van der Waals surface area (Å²) in [6.07, 6.45) is 7.13. The van der Waals surface area contributed by atoms with Gasteiger partial charge in [-0.1, -0.05) is 18.2 Å². The van der Waals surface area contributed by atoms with E-state index in [1.54, 1.807) is 10.9 Å². The number of anilines is 1. The van der Waals surface area contributed by atoms with Crippen LogP contribution in [0.1, 0.15) is 0 Å². The second kappa shape index (κ2) is 4.75. The number of hydrogen-bond acceptors (Lipinski definition) is 4. The first-order chi connectivity index (χ1) is 10.4. The number of para-hydroxylation sites is 1. The fraction of sp³-hybridized carbons (Fsp3) is 0. The van der Waals surface area contributed by atoms with Crippen molar-refractivity contribution in [1.82, 2.24) is 24.4 Å². The maximum Gasteiger partial charge on any atom is 0.168 e. The largest absolute Gasteiger partial charge is 0.277 e. The molecule has 1 aromatic carbocycles. The number of aromatic nitrogens is 5. The van der Waals surface area contributed by atoms with Crippen LogP contribution in [0.2, 0.25) is 0 Å². The van der Waals surface area contributed by atoms with E-state index in [1.807, 2.05) is 59.5 Å². The summed E-state index contributed by atoms with van der Waals surface area (Å²) in [5.74, 6) is 0.721. The van der Waals surface area contributed by atoms with E-state index in [-0.39, 0.29) is 0 Å². The van der Waals surface area contributed by atoms with Gasteiger partial charge >= 0.3 is 0 Å². The second-order valence-corrected chi connectivity index (χ2v) is 4.55. The Balaban J connectivity index is 1.83. The minimum atomic E-state index is 0.721. The van der Waals surface area contributed by atoms with Crippen LogP contribution in [-0.2, 0) is 0 Å². The summed E-state index contributed by atoms with van der Waals surface area (Å²) in [6, 6.07) is 13.8. The van der Waals surface area contributed by atoms with E-state index in [1.165, 1.54) is 6.33 Å². The van der Waals surface area contributed by atoms with Crippen LogP contribution in [0.15, 0.2) is 67.4 Å². The van der Waals surface area contributed by atoms with Gasteiger partial charge in [0.15, 0.2) is 11.5 Å². The van der Waals surface area contributed by atoms with Crippen molar-refractivity contribution in [2.45, 2.75) is 0 Å². The molecule has 0 spiro atoms. The highest BCUT2D eigenvalue weighted by Gasteiger charge is 2.10. The molecule has 21 heavy (non-hydrogen) atoms. The number of benzene rings is 1. The van der Waals surface area contributed by atoms with Gasteiger partial charge in [0.05, 0.1) is 17.3 Å². The van der Waals surface area contributed by atoms with E-state index in [4.69, 9.17) is 0 Å². The summed E-state index contributed by atoms with van der Waals surface area (Å²) >= 11 is 0. The normalized spacial score (nSPS) is 10.9. The first kappa shape index (κ1) is 11.7. The van der Waals surface area contributed by atoms with Gasteiger partial charge in [0.1, 0.15) is 6.33 Å². The molecule has 102 valence electrons. The molecule has 3 heterocycles. The molecule has 6 heteroatoms. The first-order valence-electron chi connectivity index (χ1n) is 6.56. The van der Waals surface area contributed by atoms with Crippen LogP contribution in [0.5, 0.6) is 0 Å². The molecule has 4 aromatic rings. The van der Waals surface area contributed by atoms with Gasteiger partial charge in [-0.2, -0.15) is 5.10 Å². The SMILES string of the molecule is c1ccc(-n2ncc3c(Nn4cccc4)ncnc32)cc1. The highest BCUT2D eigenvalue weighted by atomic mass is 15.4. The fourth-order valence-electron chi connectivity index (χ4n) is 2.22. The maximum absolute atomic E-state index is 4.42. The number of nitrogens with zero attached hydrogens (tertiary/aromatic N) is 5. The minimum absolute atomic E-state index is 0.721. The van der Waals surface area contributed by atoms with Gasteiger partial charge in [0.2, 0.25) is 0 Å². The number of fused-ring (bicyclic) bond motifs is 1. The van der Waals surface area contributed by atoms with Crippen molar-refractivity contribution < 1.29 is 0 Å². The quantitative estimate of drug-likeness (QED) is 0.624. The third kappa shape index (κ3) is 2.02. The smallest absolute Gasteiger partial charge is 0.168 e. The van der Waals surface area contributed by atoms with Crippen LogP contribution >= 0.6 is 0 Å². The molecule has 1 N–H and O–H groups in total. The fourth-order valence-corrected chi connectivity index (χ4v) is 2.22. The molecule has 0 fully saturated rings. The number of nitrogens with one attached hydrogen (secondary N) is 1. The Kier molecular flexibility index (Phi) is 2.64. The van der Waals surface area contributed by atoms with Gasteiger partial charge in [0, 0.05) is 12.4 Å². The molecule has 0 radical (unpaired) electrons. The zero-order valence-electron chi connectivity index (χ0n) is 11.1. The van der Waals surface area contributed by atoms with Gasteiger partial charge in [-0.25, -0.2) is 14.6 Å². The van der Waals surface area contributed by atoms with Crippen LogP contribution in [0.25, 0.3) is 16.7 Å². The van der Waals surface area contributed by atoms with Gasteiger partial charge < -0.3 is 0 Å². The third-order valence-corrected chi connectivity index (χ3v) is 3.21. The van der Waals surface area contributed by atoms with E-state index in [9.17, 15) is 0 Å². The molecule has 6 nitrogen and oxygen atoms in total. The molecular formula is C15H12N6. The maximum atomic E-state index is 4.42. The lowest BCUT2D eigenvalue weighted by molar-refractivity contribution is 0.894. The number of rotatable bonds is 3. The average molecular weight is 276 g/mol. The van der Waals surface area contributed by atoms with E-state index in [0.717, 1.165) is 22.5 Å². The van der Waals surface area contributed by atoms with Crippen LogP contribution in [0, 0.1) is 0 Å². The van der Waals surface area contributed by atoms with E-state index < -0.39 is 0 Å². The summed E-state index contributed by atoms with van der Waals surface area (Å²) in [7, 11) is 0. The molecule has 0 amide bonds. The lowest BCUT2D eigenvalue weighted by Gasteiger charge is -2.07. The topological polar surface area (TPSA) is 60.6 Å². The Labute approximate surface area is 120 Å². The van der Waals surface area contributed by atoms with Crippen molar-refractivity contribution >= 4 is 16.9 Å². The van der Waals surface area contributed by atoms with Crippen molar-refractivity contribution in [3.63, 3.8) is 0 Å². The number of hydrogen-bond donors (Lipinski definition) is 1. The van der Waals surface area contributed by atoms with Crippen molar-refractivity contribution in [2.24, 2.45) is 0 Å². The third-order valence-electron chi connectivity index (χ3n) is 3.21. The first-order valence-corrected chi connectivity index (χ1v) is 6.56. The Hall–Kier alpha value is -3.15. The molecule has 0 saturated heterocycles. The van der Waals surface area contributed by atoms with Crippen LogP contribution in [0.4, 0.5) is 5.82 Å². The molecular weight excluding hydrogens is 264 g/mol. The molecule has 0 aliphatic rings. The molecule has 0 atom stereocenters. The van der Waals surface area contributed by atoms with Gasteiger partial charge in [-0.05, 0) is 24.3 Å². The van der Waals surface area contributed by atoms with Gasteiger partial charge in [-0.3, -0.25) is 10.1 Å². The minimum Gasteiger partial charge on any atom is -0.277 e. The summed E-state index contributed by atoms with van der Waals surface area (Å²) in [5.41, 5.74) is 4.94. The molecule has 0 unspecified atom stereocenters. The zero-order chi connectivity index (χ0) is 14.1. The lowest BCUT2D eigenvalue weighted by atomic mass is 10.3. The Morgan fingerprint density at radius 2 is 1.71 bits per heavy atom. The summed E-state index contributed by atoms with van der Waals surface area (Å²) in [4.78, 5) is 8.64. The molecule has 0 saturated carbocycles. The van der Waals surface area contributed by atoms with Crippen molar-refractivity contribution in [2.75, 3.05) is 5.43 Å². The van der Waals surface area contributed by atoms with Crippen LogP contribution in [-0.4, -0.2) is 24.4 Å². The van der Waals surface area contributed by atoms with Gasteiger partial charge in [-0.15, -0.1) is 0 Å². The monoisotopic (exact) mass is 276 g/mol. The molecule has 0 bridgehead atoms. The molecule has 0 aliphatic heterocycles. The van der Waals surface area contributed by atoms with E-state index in [0.29, 0.717) is 0 Å². The Morgan fingerprint density at radius 1 is 0.905 bits per heavy atom. The molecule has 3 aromatic heterocycles. The summed E-state index contributed by atoms with van der Waals surface area (Å²) < 4.78 is 3.64. The lowest BCUT2D eigenvalue weighted by Crippen LogP contribution is -2.08. The second-order valence-electron chi connectivity index (χ2n) is 4.55. The predicted octanol–water partition coefficient (Wildman–Crippen LogP) is 2.49. The Morgan fingerprint density at radius 3 is 2.52 bits per heavy atom.